The summed E-state index contributed by atoms with van der Waals surface area (Å²) in [6.07, 6.45) is 0.404. The Morgan fingerprint density at radius 3 is 2.43 bits per heavy atom. The van der Waals surface area contributed by atoms with Gasteiger partial charge in [-0.1, -0.05) is 27.5 Å². The number of rotatable bonds is 9. The Labute approximate surface area is 188 Å². The zero-order valence-electron chi connectivity index (χ0n) is 16.6. The molecule has 0 aliphatic heterocycles. The van der Waals surface area contributed by atoms with E-state index in [1.165, 1.54) is 7.11 Å². The van der Waals surface area contributed by atoms with Crippen molar-refractivity contribution in [3.05, 3.63) is 51.5 Å². The van der Waals surface area contributed by atoms with Crippen molar-refractivity contribution in [2.24, 2.45) is 0 Å². The van der Waals surface area contributed by atoms with Crippen LogP contribution in [-0.2, 0) is 19.1 Å². The molecule has 0 unspecified atom stereocenters. The van der Waals surface area contributed by atoms with E-state index in [1.807, 2.05) is 13.0 Å². The number of esters is 1. The van der Waals surface area contributed by atoms with Gasteiger partial charge < -0.3 is 20.1 Å². The lowest BCUT2D eigenvalue weighted by Crippen LogP contribution is -2.21. The zero-order valence-corrected chi connectivity index (χ0v) is 18.9. The van der Waals surface area contributed by atoms with E-state index in [0.717, 1.165) is 10.0 Å². The molecular weight excluding hydrogens is 476 g/mol. The summed E-state index contributed by atoms with van der Waals surface area (Å²) in [5.74, 6) is -0.781. The fraction of sp³-hybridized carbons (Fsp3) is 0.286. The summed E-state index contributed by atoms with van der Waals surface area (Å²) in [5, 5.41) is 5.84. The molecule has 0 aliphatic carbocycles. The van der Waals surface area contributed by atoms with Crippen LogP contribution in [0, 0.1) is 6.92 Å². The number of hydrogen-bond donors (Lipinski definition) is 2. The highest BCUT2D eigenvalue weighted by Crippen LogP contribution is 2.27. The molecule has 2 N–H and O–H groups in total. The number of nitrogens with one attached hydrogen (secondary N) is 2. The Balaban J connectivity index is 1.70. The van der Waals surface area contributed by atoms with Crippen LogP contribution in [0.3, 0.4) is 0 Å². The molecule has 2 rings (SSSR count). The third kappa shape index (κ3) is 7.68. The number of carbonyl (C=O) groups is 3. The molecule has 0 aromatic heterocycles. The van der Waals surface area contributed by atoms with Crippen molar-refractivity contribution in [3.63, 3.8) is 0 Å². The first-order valence-corrected chi connectivity index (χ1v) is 10.3. The Morgan fingerprint density at radius 1 is 1.00 bits per heavy atom. The molecule has 2 amide bonds. The highest BCUT2D eigenvalue weighted by atomic mass is 79.9. The first-order chi connectivity index (χ1) is 14.3. The topological polar surface area (TPSA) is 93.7 Å². The van der Waals surface area contributed by atoms with E-state index >= 15 is 0 Å². The van der Waals surface area contributed by atoms with Crippen molar-refractivity contribution in [1.29, 1.82) is 0 Å². The van der Waals surface area contributed by atoms with Gasteiger partial charge >= 0.3 is 5.97 Å². The van der Waals surface area contributed by atoms with Crippen molar-refractivity contribution in [3.8, 4) is 5.75 Å². The fourth-order valence-corrected chi connectivity index (χ4v) is 3.20. The lowest BCUT2D eigenvalue weighted by molar-refractivity contribution is -0.147. The van der Waals surface area contributed by atoms with Gasteiger partial charge in [-0.2, -0.15) is 0 Å². The maximum Gasteiger partial charge on any atom is 0.306 e. The van der Waals surface area contributed by atoms with Gasteiger partial charge in [0.15, 0.2) is 6.61 Å². The lowest BCUT2D eigenvalue weighted by Gasteiger charge is -2.11. The maximum atomic E-state index is 12.1. The molecule has 2 aromatic carbocycles. The van der Waals surface area contributed by atoms with Crippen LogP contribution < -0.4 is 15.4 Å². The normalized spacial score (nSPS) is 10.3. The van der Waals surface area contributed by atoms with E-state index in [1.54, 1.807) is 30.3 Å². The molecule has 0 atom stereocenters. The summed E-state index contributed by atoms with van der Waals surface area (Å²) in [7, 11) is 1.49. The second-order valence-corrected chi connectivity index (χ2v) is 7.77. The van der Waals surface area contributed by atoms with Crippen LogP contribution in [0.2, 0.25) is 5.02 Å². The number of ether oxygens (including phenoxy) is 2. The molecule has 30 heavy (non-hydrogen) atoms. The average molecular weight is 498 g/mol. The van der Waals surface area contributed by atoms with Gasteiger partial charge in [-0.15, -0.1) is 0 Å². The number of methoxy groups -OCH3 is 1. The molecule has 2 aromatic rings. The molecule has 0 fully saturated rings. The summed E-state index contributed by atoms with van der Waals surface area (Å²) in [6.45, 7) is 1.47. The van der Waals surface area contributed by atoms with Crippen molar-refractivity contribution in [2.75, 3.05) is 24.4 Å². The molecule has 0 bridgehead atoms. The van der Waals surface area contributed by atoms with Gasteiger partial charge in [0, 0.05) is 28.0 Å². The molecule has 0 aliphatic rings. The van der Waals surface area contributed by atoms with Crippen LogP contribution in [0.25, 0.3) is 0 Å². The molecular formula is C21H22BrClN2O5. The van der Waals surface area contributed by atoms with Gasteiger partial charge in [0.1, 0.15) is 5.75 Å². The number of anilines is 2. The molecule has 9 heteroatoms. The van der Waals surface area contributed by atoms with Gasteiger partial charge in [0.2, 0.25) is 5.91 Å². The number of amides is 2. The minimum absolute atomic E-state index is 0.0185. The molecule has 0 saturated carbocycles. The first-order valence-electron chi connectivity index (χ1n) is 9.13. The minimum atomic E-state index is -0.550. The van der Waals surface area contributed by atoms with Gasteiger partial charge in [-0.25, -0.2) is 0 Å². The van der Waals surface area contributed by atoms with Gasteiger partial charge in [-0.05, 0) is 55.3 Å². The maximum absolute atomic E-state index is 12.1. The van der Waals surface area contributed by atoms with Crippen LogP contribution >= 0.6 is 27.5 Å². The number of benzene rings is 2. The predicted molar refractivity (Wildman–Crippen MR) is 119 cm³/mol. The first kappa shape index (κ1) is 23.7. The fourth-order valence-electron chi connectivity index (χ4n) is 2.56. The van der Waals surface area contributed by atoms with Crippen molar-refractivity contribution in [2.45, 2.75) is 26.2 Å². The molecule has 7 nitrogen and oxygen atoms in total. The SMILES string of the molecule is COc1ccc(Cl)cc1NC(=O)CCCC(=O)OCC(=O)Nc1ccc(Br)cc1C. The van der Waals surface area contributed by atoms with Gasteiger partial charge in [0.25, 0.3) is 5.91 Å². The lowest BCUT2D eigenvalue weighted by atomic mass is 10.2. The molecule has 0 radical (unpaired) electrons. The smallest absolute Gasteiger partial charge is 0.306 e. The number of hydrogen-bond acceptors (Lipinski definition) is 5. The van der Waals surface area contributed by atoms with E-state index in [-0.39, 0.29) is 31.8 Å². The van der Waals surface area contributed by atoms with E-state index < -0.39 is 11.9 Å². The van der Waals surface area contributed by atoms with Crippen LogP contribution in [0.4, 0.5) is 11.4 Å². The molecule has 0 heterocycles. The largest absolute Gasteiger partial charge is 0.495 e. The van der Waals surface area contributed by atoms with E-state index in [4.69, 9.17) is 21.1 Å². The second-order valence-electron chi connectivity index (χ2n) is 6.41. The Morgan fingerprint density at radius 2 is 1.73 bits per heavy atom. The predicted octanol–water partition coefficient (Wildman–Crippen LogP) is 4.71. The van der Waals surface area contributed by atoms with Gasteiger partial charge in [-0.3, -0.25) is 14.4 Å². The standard InChI is InChI=1S/C21H22BrClN2O5/c1-13-10-14(22)6-8-16(13)24-20(27)12-30-21(28)5-3-4-19(26)25-17-11-15(23)7-9-18(17)29-2/h6-11H,3-5,12H2,1-2H3,(H,24,27)(H,25,26). The Bertz CT molecular complexity index is 936. The summed E-state index contributed by atoms with van der Waals surface area (Å²) in [5.41, 5.74) is 1.98. The zero-order chi connectivity index (χ0) is 22.1. The van der Waals surface area contributed by atoms with Crippen molar-refractivity contribution in [1.82, 2.24) is 0 Å². The third-order valence-corrected chi connectivity index (χ3v) is 4.78. The number of halogens is 2. The number of carbonyl (C=O) groups excluding carboxylic acids is 3. The summed E-state index contributed by atoms with van der Waals surface area (Å²) in [6, 6.07) is 10.3. The van der Waals surface area contributed by atoms with Gasteiger partial charge in [0.05, 0.1) is 12.8 Å². The van der Waals surface area contributed by atoms with Crippen LogP contribution in [-0.4, -0.2) is 31.5 Å². The molecule has 160 valence electrons. The highest BCUT2D eigenvalue weighted by Gasteiger charge is 2.12. The van der Waals surface area contributed by atoms with Crippen LogP contribution in [0.1, 0.15) is 24.8 Å². The van der Waals surface area contributed by atoms with E-state index in [2.05, 4.69) is 26.6 Å². The average Bonchev–Trinajstić information content (AvgIpc) is 2.69. The summed E-state index contributed by atoms with van der Waals surface area (Å²) in [4.78, 5) is 35.8. The van der Waals surface area contributed by atoms with E-state index in [9.17, 15) is 14.4 Å². The summed E-state index contributed by atoms with van der Waals surface area (Å²) >= 11 is 9.28. The molecule has 0 spiro atoms. The highest BCUT2D eigenvalue weighted by molar-refractivity contribution is 9.10. The van der Waals surface area contributed by atoms with Crippen molar-refractivity contribution >= 4 is 56.7 Å². The van der Waals surface area contributed by atoms with Crippen LogP contribution in [0.15, 0.2) is 40.9 Å². The Hall–Kier alpha value is -2.58. The summed E-state index contributed by atoms with van der Waals surface area (Å²) < 4.78 is 11.0. The Kier molecular flexibility index (Phi) is 9.14. The van der Waals surface area contributed by atoms with Crippen molar-refractivity contribution < 1.29 is 23.9 Å². The monoisotopic (exact) mass is 496 g/mol. The molecule has 0 saturated heterocycles. The number of aryl methyl sites for hydroxylation is 1. The quantitative estimate of drug-likeness (QED) is 0.489. The van der Waals surface area contributed by atoms with Crippen LogP contribution in [0.5, 0.6) is 5.75 Å². The minimum Gasteiger partial charge on any atom is -0.495 e. The second kappa shape index (κ2) is 11.6. The van der Waals surface area contributed by atoms with E-state index in [0.29, 0.717) is 22.1 Å². The third-order valence-electron chi connectivity index (χ3n) is 4.05.